The second-order valence-electron chi connectivity index (χ2n) is 6.31. The fraction of sp³-hybridized carbons (Fsp3) is 0.375. The summed E-state index contributed by atoms with van der Waals surface area (Å²) in [6.07, 6.45) is 4.91. The Kier molecular flexibility index (Phi) is 2.27. The minimum absolute atomic E-state index is 0.0282. The molecule has 22 heavy (non-hydrogen) atoms. The maximum atomic E-state index is 12.9. The van der Waals surface area contributed by atoms with Crippen LogP contribution in [0.25, 0.3) is 21.9 Å². The summed E-state index contributed by atoms with van der Waals surface area (Å²) in [7, 11) is 1.82. The van der Waals surface area contributed by atoms with Gasteiger partial charge in [-0.15, -0.1) is 0 Å². The molecule has 3 heterocycles. The summed E-state index contributed by atoms with van der Waals surface area (Å²) in [5, 5.41) is 0.938. The number of nitrogens with zero attached hydrogens (tertiary/aromatic N) is 3. The molecule has 5 rings (SSSR count). The zero-order valence-electron chi connectivity index (χ0n) is 12.1. The lowest BCUT2D eigenvalue weighted by Crippen LogP contribution is -2.50. The number of hydrogen-bond acceptors (Lipinski definition) is 3. The number of hydrogen-bond donors (Lipinski definition) is 0. The lowest BCUT2D eigenvalue weighted by atomic mass is 9.77. The molecule has 0 atom stereocenters. The number of aryl methyl sites for hydroxylation is 1. The molecule has 2 aromatic heterocycles. The smallest absolute Gasteiger partial charge is 0.329 e. The van der Waals surface area contributed by atoms with Gasteiger partial charge in [0.05, 0.1) is 38.1 Å². The molecule has 2 aliphatic rings. The van der Waals surface area contributed by atoms with Crippen LogP contribution in [0.1, 0.15) is 19.3 Å². The average molecular weight is 360 g/mol. The Hall–Kier alpha value is -1.82. The number of halogens is 1. The summed E-state index contributed by atoms with van der Waals surface area (Å²) < 4.78 is 10.7. The third-order valence-electron chi connectivity index (χ3n) is 5.20. The van der Waals surface area contributed by atoms with E-state index in [4.69, 9.17) is 4.74 Å². The Morgan fingerprint density at radius 2 is 2.18 bits per heavy atom. The predicted molar refractivity (Wildman–Crippen MR) is 87.5 cm³/mol. The lowest BCUT2D eigenvalue weighted by molar-refractivity contribution is 0.0714. The second-order valence-corrected chi connectivity index (χ2v) is 7.16. The molecule has 0 radical (unpaired) electrons. The minimum atomic E-state index is -0.205. The highest BCUT2D eigenvalue weighted by Crippen LogP contribution is 2.47. The van der Waals surface area contributed by atoms with Gasteiger partial charge in [-0.3, -0.25) is 14.1 Å². The summed E-state index contributed by atoms with van der Waals surface area (Å²) in [5.41, 5.74) is 2.52. The Bertz CT molecular complexity index is 1010. The Labute approximate surface area is 134 Å². The summed E-state index contributed by atoms with van der Waals surface area (Å²) in [6.45, 7) is 0.540. The van der Waals surface area contributed by atoms with Gasteiger partial charge in [-0.1, -0.05) is 0 Å². The molecule has 0 unspecified atom stereocenters. The topological polar surface area (TPSA) is 49.0 Å². The first-order valence-electron chi connectivity index (χ1n) is 7.44. The maximum Gasteiger partial charge on any atom is 0.329 e. The summed E-state index contributed by atoms with van der Waals surface area (Å²) >= 11 is 3.58. The molecule has 0 amide bonds. The third kappa shape index (κ3) is 1.30. The van der Waals surface area contributed by atoms with Crippen molar-refractivity contribution in [2.24, 2.45) is 7.05 Å². The summed E-state index contributed by atoms with van der Waals surface area (Å²) in [4.78, 5) is 17.4. The molecule has 0 N–H and O–H groups in total. The van der Waals surface area contributed by atoms with Crippen molar-refractivity contribution in [3.63, 3.8) is 0 Å². The van der Waals surface area contributed by atoms with Crippen molar-refractivity contribution in [2.75, 3.05) is 6.61 Å². The zero-order chi connectivity index (χ0) is 15.1. The molecule has 6 heteroatoms. The van der Waals surface area contributed by atoms with Crippen molar-refractivity contribution >= 4 is 37.9 Å². The number of benzene rings is 1. The molecular weight excluding hydrogens is 346 g/mol. The van der Waals surface area contributed by atoms with Crippen molar-refractivity contribution < 1.29 is 4.74 Å². The van der Waals surface area contributed by atoms with Crippen molar-refractivity contribution in [1.82, 2.24) is 14.1 Å². The Balaban J connectivity index is 2.10. The van der Waals surface area contributed by atoms with E-state index in [1.165, 1.54) is 0 Å². The molecule has 1 fully saturated rings. The van der Waals surface area contributed by atoms with Gasteiger partial charge in [-0.2, -0.15) is 0 Å². The van der Waals surface area contributed by atoms with E-state index in [0.717, 1.165) is 51.4 Å². The highest BCUT2D eigenvalue weighted by Gasteiger charge is 2.44. The standard InChI is InChI=1S/C16H14BrN3O2/c1-19-11-7-18-10-4-3-9(17)14-12(10)13(11)20(15(19)21)16(8-22-14)5-2-6-16/h3-4,7H,2,5-6,8H2,1H3. The predicted octanol–water partition coefficient (Wildman–Crippen LogP) is 2.92. The van der Waals surface area contributed by atoms with E-state index in [1.807, 2.05) is 23.7 Å². The SMILES string of the molecule is Cn1c(=O)n2c3c4c(c(Br)ccc4ncc31)OCC21CCC1. The fourth-order valence-corrected chi connectivity index (χ4v) is 4.27. The van der Waals surface area contributed by atoms with Crippen molar-refractivity contribution in [1.29, 1.82) is 0 Å². The highest BCUT2D eigenvalue weighted by molar-refractivity contribution is 9.10. The molecule has 3 aromatic rings. The van der Waals surface area contributed by atoms with Crippen LogP contribution in [0, 0.1) is 0 Å². The van der Waals surface area contributed by atoms with Gasteiger partial charge in [-0.05, 0) is 47.3 Å². The number of aromatic nitrogens is 3. The summed E-state index contributed by atoms with van der Waals surface area (Å²) in [5.74, 6) is 0.804. The van der Waals surface area contributed by atoms with Crippen LogP contribution in [-0.4, -0.2) is 20.7 Å². The molecule has 5 nitrogen and oxygen atoms in total. The van der Waals surface area contributed by atoms with E-state index in [1.54, 1.807) is 10.8 Å². The molecular formula is C16H14BrN3O2. The van der Waals surface area contributed by atoms with Crippen molar-refractivity contribution in [3.8, 4) is 5.75 Å². The molecule has 1 saturated carbocycles. The van der Waals surface area contributed by atoms with Crippen LogP contribution in [0.5, 0.6) is 5.75 Å². The van der Waals surface area contributed by atoms with Crippen LogP contribution in [0.4, 0.5) is 0 Å². The molecule has 0 saturated heterocycles. The van der Waals surface area contributed by atoms with Crippen LogP contribution in [-0.2, 0) is 12.6 Å². The first-order valence-corrected chi connectivity index (χ1v) is 8.24. The van der Waals surface area contributed by atoms with Gasteiger partial charge in [0.25, 0.3) is 0 Å². The highest BCUT2D eigenvalue weighted by atomic mass is 79.9. The van der Waals surface area contributed by atoms with Gasteiger partial charge in [0.15, 0.2) is 0 Å². The second kappa shape index (κ2) is 3.93. The molecule has 112 valence electrons. The minimum Gasteiger partial charge on any atom is -0.489 e. The van der Waals surface area contributed by atoms with E-state index in [2.05, 4.69) is 20.9 Å². The van der Waals surface area contributed by atoms with Crippen LogP contribution in [0.3, 0.4) is 0 Å². The quantitative estimate of drug-likeness (QED) is 0.620. The largest absolute Gasteiger partial charge is 0.489 e. The van der Waals surface area contributed by atoms with E-state index >= 15 is 0 Å². The van der Waals surface area contributed by atoms with E-state index in [0.29, 0.717) is 6.61 Å². The van der Waals surface area contributed by atoms with Crippen molar-refractivity contribution in [3.05, 3.63) is 33.3 Å². The maximum absolute atomic E-state index is 12.9. The lowest BCUT2D eigenvalue weighted by Gasteiger charge is -2.41. The van der Waals surface area contributed by atoms with Crippen LogP contribution < -0.4 is 10.4 Å². The molecule has 0 bridgehead atoms. The van der Waals surface area contributed by atoms with Crippen LogP contribution >= 0.6 is 15.9 Å². The molecule has 1 aliphatic heterocycles. The number of fused-ring (bicyclic) bond motifs is 1. The van der Waals surface area contributed by atoms with E-state index in [-0.39, 0.29) is 11.2 Å². The number of imidazole rings is 1. The number of ether oxygens (including phenoxy) is 1. The zero-order valence-corrected chi connectivity index (χ0v) is 13.7. The molecule has 1 aromatic carbocycles. The monoisotopic (exact) mass is 359 g/mol. The Morgan fingerprint density at radius 1 is 1.36 bits per heavy atom. The van der Waals surface area contributed by atoms with Crippen LogP contribution in [0.2, 0.25) is 0 Å². The first kappa shape index (κ1) is 12.7. The Morgan fingerprint density at radius 3 is 2.91 bits per heavy atom. The first-order chi connectivity index (χ1) is 10.6. The van der Waals surface area contributed by atoms with Gasteiger partial charge < -0.3 is 4.74 Å². The van der Waals surface area contributed by atoms with E-state index in [9.17, 15) is 4.79 Å². The van der Waals surface area contributed by atoms with E-state index < -0.39 is 0 Å². The third-order valence-corrected chi connectivity index (χ3v) is 5.82. The summed E-state index contributed by atoms with van der Waals surface area (Å²) in [6, 6.07) is 3.92. The van der Waals surface area contributed by atoms with Gasteiger partial charge in [0.1, 0.15) is 12.4 Å². The van der Waals surface area contributed by atoms with Gasteiger partial charge >= 0.3 is 5.69 Å². The normalized spacial score (nSPS) is 18.6. The van der Waals surface area contributed by atoms with Crippen molar-refractivity contribution in [2.45, 2.75) is 24.8 Å². The fourth-order valence-electron chi connectivity index (χ4n) is 3.83. The molecule has 1 spiro atoms. The van der Waals surface area contributed by atoms with Gasteiger partial charge in [0, 0.05) is 7.05 Å². The number of pyridine rings is 1. The van der Waals surface area contributed by atoms with Crippen LogP contribution in [0.15, 0.2) is 27.6 Å². The number of rotatable bonds is 0. The van der Waals surface area contributed by atoms with Gasteiger partial charge in [-0.25, -0.2) is 4.79 Å². The van der Waals surface area contributed by atoms with Gasteiger partial charge in [0.2, 0.25) is 0 Å². The average Bonchev–Trinajstić information content (AvgIpc) is 2.66. The molecule has 1 aliphatic carbocycles.